The first-order valence-electron chi connectivity index (χ1n) is 5.67. The van der Waals surface area contributed by atoms with E-state index in [0.717, 1.165) is 32.4 Å². The van der Waals surface area contributed by atoms with Crippen LogP contribution in [0.25, 0.3) is 0 Å². The van der Waals surface area contributed by atoms with Crippen molar-refractivity contribution < 1.29 is 15.0 Å². The van der Waals surface area contributed by atoms with E-state index in [2.05, 4.69) is 4.90 Å². The predicted molar refractivity (Wildman–Crippen MR) is 59.9 cm³/mol. The van der Waals surface area contributed by atoms with Crippen LogP contribution >= 0.6 is 0 Å². The Hall–Kier alpha value is -0.610. The zero-order chi connectivity index (χ0) is 11.7. The Morgan fingerprint density at radius 2 is 2.00 bits per heavy atom. The largest absolute Gasteiger partial charge is 0.481 e. The summed E-state index contributed by atoms with van der Waals surface area (Å²) in [6.07, 6.45) is 2.88. The smallest absolute Gasteiger partial charge is 0.307 e. The van der Waals surface area contributed by atoms with E-state index < -0.39 is 5.97 Å². The van der Waals surface area contributed by atoms with Crippen LogP contribution in [0.3, 0.4) is 0 Å². The van der Waals surface area contributed by atoms with Gasteiger partial charge < -0.3 is 15.1 Å². The monoisotopic (exact) mass is 217 g/mol. The third-order valence-corrected chi connectivity index (χ3v) is 2.53. The van der Waals surface area contributed by atoms with Crippen molar-refractivity contribution in [3.8, 4) is 0 Å². The lowest BCUT2D eigenvalue weighted by molar-refractivity contribution is -0.141. The van der Waals surface area contributed by atoms with Gasteiger partial charge in [0, 0.05) is 13.2 Å². The van der Waals surface area contributed by atoms with Gasteiger partial charge in [-0.1, -0.05) is 13.8 Å². The number of carboxylic acids is 1. The average Bonchev–Trinajstić information content (AvgIpc) is 2.22. The number of aliphatic hydroxyl groups excluding tert-OH is 1. The molecule has 4 nitrogen and oxygen atoms in total. The van der Waals surface area contributed by atoms with Crippen molar-refractivity contribution in [3.63, 3.8) is 0 Å². The highest BCUT2D eigenvalue weighted by Gasteiger charge is 2.14. The SMILES string of the molecule is CCN(CCCCCO)CC(C)C(=O)O. The van der Waals surface area contributed by atoms with Gasteiger partial charge >= 0.3 is 5.97 Å². The Balaban J connectivity index is 3.67. The van der Waals surface area contributed by atoms with Crippen LogP contribution in [-0.2, 0) is 4.79 Å². The molecule has 0 aromatic rings. The molecule has 0 bridgehead atoms. The molecule has 0 aliphatic carbocycles. The molecule has 15 heavy (non-hydrogen) atoms. The molecule has 1 unspecified atom stereocenters. The fraction of sp³-hybridized carbons (Fsp3) is 0.909. The van der Waals surface area contributed by atoms with Crippen LogP contribution in [0.5, 0.6) is 0 Å². The normalized spacial score (nSPS) is 13.1. The number of carbonyl (C=O) groups is 1. The molecule has 4 heteroatoms. The van der Waals surface area contributed by atoms with E-state index in [9.17, 15) is 4.79 Å². The van der Waals surface area contributed by atoms with Crippen LogP contribution in [0.15, 0.2) is 0 Å². The van der Waals surface area contributed by atoms with E-state index in [1.807, 2.05) is 6.92 Å². The molecule has 2 N–H and O–H groups in total. The van der Waals surface area contributed by atoms with E-state index in [0.29, 0.717) is 6.54 Å². The first-order chi connectivity index (χ1) is 7.11. The summed E-state index contributed by atoms with van der Waals surface area (Å²) in [5.41, 5.74) is 0. The summed E-state index contributed by atoms with van der Waals surface area (Å²) in [6.45, 7) is 6.45. The maximum atomic E-state index is 10.7. The summed E-state index contributed by atoms with van der Waals surface area (Å²) in [7, 11) is 0. The van der Waals surface area contributed by atoms with Crippen LogP contribution in [0.4, 0.5) is 0 Å². The summed E-state index contributed by atoms with van der Waals surface area (Å²) in [5, 5.41) is 17.4. The van der Waals surface area contributed by atoms with Gasteiger partial charge in [-0.05, 0) is 32.4 Å². The summed E-state index contributed by atoms with van der Waals surface area (Å²) in [5.74, 6) is -1.04. The van der Waals surface area contributed by atoms with Crippen LogP contribution in [0.1, 0.15) is 33.1 Å². The molecule has 0 aromatic carbocycles. The van der Waals surface area contributed by atoms with Crippen LogP contribution in [0.2, 0.25) is 0 Å². The lowest BCUT2D eigenvalue weighted by Crippen LogP contribution is -2.32. The van der Waals surface area contributed by atoms with Gasteiger partial charge in [0.05, 0.1) is 5.92 Å². The number of nitrogens with zero attached hydrogens (tertiary/aromatic N) is 1. The van der Waals surface area contributed by atoms with Crippen molar-refractivity contribution in [2.24, 2.45) is 5.92 Å². The molecule has 0 radical (unpaired) electrons. The molecule has 0 saturated carbocycles. The summed E-state index contributed by atoms with van der Waals surface area (Å²) in [6, 6.07) is 0. The van der Waals surface area contributed by atoms with Gasteiger partial charge in [-0.3, -0.25) is 4.79 Å². The van der Waals surface area contributed by atoms with Gasteiger partial charge in [-0.25, -0.2) is 0 Å². The second kappa shape index (κ2) is 8.68. The Labute approximate surface area is 91.9 Å². The second-order valence-electron chi connectivity index (χ2n) is 3.92. The first kappa shape index (κ1) is 14.4. The molecule has 0 aromatic heterocycles. The number of carboxylic acid groups (broad SMARTS) is 1. The molecule has 0 amide bonds. The van der Waals surface area contributed by atoms with Gasteiger partial charge in [0.1, 0.15) is 0 Å². The second-order valence-corrected chi connectivity index (χ2v) is 3.92. The zero-order valence-corrected chi connectivity index (χ0v) is 9.78. The first-order valence-corrected chi connectivity index (χ1v) is 5.67. The van der Waals surface area contributed by atoms with Gasteiger partial charge in [0.2, 0.25) is 0 Å². The van der Waals surface area contributed by atoms with Crippen molar-refractivity contribution in [2.75, 3.05) is 26.2 Å². The van der Waals surface area contributed by atoms with E-state index in [1.165, 1.54) is 0 Å². The Kier molecular flexibility index (Phi) is 8.33. The fourth-order valence-corrected chi connectivity index (χ4v) is 1.47. The fourth-order valence-electron chi connectivity index (χ4n) is 1.47. The molecule has 90 valence electrons. The lowest BCUT2D eigenvalue weighted by Gasteiger charge is -2.22. The van der Waals surface area contributed by atoms with E-state index >= 15 is 0 Å². The molecule has 0 saturated heterocycles. The lowest BCUT2D eigenvalue weighted by atomic mass is 10.1. The highest BCUT2D eigenvalue weighted by Crippen LogP contribution is 2.03. The molecule has 0 rings (SSSR count). The zero-order valence-electron chi connectivity index (χ0n) is 9.78. The Morgan fingerprint density at radius 1 is 1.33 bits per heavy atom. The molecule has 0 spiro atoms. The Bertz CT molecular complexity index is 173. The minimum atomic E-state index is -0.733. The van der Waals surface area contributed by atoms with Crippen molar-refractivity contribution >= 4 is 5.97 Å². The van der Waals surface area contributed by atoms with Crippen molar-refractivity contribution in [1.29, 1.82) is 0 Å². The average molecular weight is 217 g/mol. The number of hydrogen-bond acceptors (Lipinski definition) is 3. The van der Waals surface area contributed by atoms with Crippen LogP contribution in [-0.4, -0.2) is 47.3 Å². The highest BCUT2D eigenvalue weighted by atomic mass is 16.4. The number of hydrogen-bond donors (Lipinski definition) is 2. The minimum absolute atomic E-state index is 0.248. The van der Waals surface area contributed by atoms with Crippen molar-refractivity contribution in [3.05, 3.63) is 0 Å². The number of aliphatic carboxylic acids is 1. The van der Waals surface area contributed by atoms with Gasteiger partial charge in [0.15, 0.2) is 0 Å². The third kappa shape index (κ3) is 7.33. The standard InChI is InChI=1S/C11H23NO3/c1-3-12(7-5-4-6-8-13)9-10(2)11(14)15/h10,13H,3-9H2,1-2H3,(H,14,15). The van der Waals surface area contributed by atoms with Gasteiger partial charge in [0.25, 0.3) is 0 Å². The predicted octanol–water partition coefficient (Wildman–Crippen LogP) is 1.19. The van der Waals surface area contributed by atoms with Crippen molar-refractivity contribution in [1.82, 2.24) is 4.90 Å². The highest BCUT2D eigenvalue weighted by molar-refractivity contribution is 5.69. The molecule has 0 fully saturated rings. The number of unbranched alkanes of at least 4 members (excludes halogenated alkanes) is 2. The minimum Gasteiger partial charge on any atom is -0.481 e. The third-order valence-electron chi connectivity index (χ3n) is 2.53. The molecular weight excluding hydrogens is 194 g/mol. The summed E-state index contributed by atoms with van der Waals surface area (Å²) in [4.78, 5) is 12.8. The molecule has 0 heterocycles. The molecule has 0 aliphatic heterocycles. The molecule has 0 aliphatic rings. The summed E-state index contributed by atoms with van der Waals surface area (Å²) >= 11 is 0. The maximum Gasteiger partial charge on any atom is 0.307 e. The maximum absolute atomic E-state index is 10.7. The van der Waals surface area contributed by atoms with Gasteiger partial charge in [-0.2, -0.15) is 0 Å². The molecule has 1 atom stereocenters. The Morgan fingerprint density at radius 3 is 2.47 bits per heavy atom. The quantitative estimate of drug-likeness (QED) is 0.570. The number of rotatable bonds is 9. The van der Waals surface area contributed by atoms with Crippen LogP contribution < -0.4 is 0 Å². The van der Waals surface area contributed by atoms with Crippen molar-refractivity contribution in [2.45, 2.75) is 33.1 Å². The van der Waals surface area contributed by atoms with Crippen LogP contribution in [0, 0.1) is 5.92 Å². The van der Waals surface area contributed by atoms with Gasteiger partial charge in [-0.15, -0.1) is 0 Å². The van der Waals surface area contributed by atoms with E-state index in [-0.39, 0.29) is 12.5 Å². The summed E-state index contributed by atoms with van der Waals surface area (Å²) < 4.78 is 0. The van der Waals surface area contributed by atoms with E-state index in [1.54, 1.807) is 6.92 Å². The topological polar surface area (TPSA) is 60.8 Å². The number of aliphatic hydroxyl groups is 1. The van der Waals surface area contributed by atoms with E-state index in [4.69, 9.17) is 10.2 Å². The molecular formula is C11H23NO3.